The Kier molecular flexibility index (Phi) is 6.86. The van der Waals surface area contributed by atoms with E-state index >= 15 is 0 Å². The SMILES string of the molecule is CN(CC(=O)Nc1ccc(Cl)cc1)CC(=O)NC1CCCCC1. The Morgan fingerprint density at radius 1 is 1.09 bits per heavy atom. The summed E-state index contributed by atoms with van der Waals surface area (Å²) in [6.45, 7) is 0.394. The normalized spacial score (nSPS) is 15.4. The van der Waals surface area contributed by atoms with E-state index in [-0.39, 0.29) is 24.9 Å². The number of anilines is 1. The summed E-state index contributed by atoms with van der Waals surface area (Å²) in [5.74, 6) is -0.168. The zero-order chi connectivity index (χ0) is 16.7. The Balaban J connectivity index is 1.70. The van der Waals surface area contributed by atoms with Crippen molar-refractivity contribution in [2.45, 2.75) is 38.1 Å². The Hall–Kier alpha value is -1.59. The van der Waals surface area contributed by atoms with Crippen LogP contribution in [0.4, 0.5) is 5.69 Å². The first-order chi connectivity index (χ1) is 11.0. The Bertz CT molecular complexity index is 527. The van der Waals surface area contributed by atoms with Crippen LogP contribution in [0, 0.1) is 0 Å². The lowest BCUT2D eigenvalue weighted by atomic mass is 9.95. The van der Waals surface area contributed by atoms with Crippen molar-refractivity contribution in [3.8, 4) is 0 Å². The number of likely N-dealkylation sites (N-methyl/N-ethyl adjacent to an activating group) is 1. The van der Waals surface area contributed by atoms with E-state index in [0.29, 0.717) is 16.8 Å². The summed E-state index contributed by atoms with van der Waals surface area (Å²) in [7, 11) is 1.77. The molecule has 0 bridgehead atoms. The first-order valence-corrected chi connectivity index (χ1v) is 8.44. The van der Waals surface area contributed by atoms with Gasteiger partial charge in [0.25, 0.3) is 0 Å². The van der Waals surface area contributed by atoms with Gasteiger partial charge in [-0.05, 0) is 44.2 Å². The molecule has 0 aromatic heterocycles. The molecule has 1 saturated carbocycles. The molecule has 0 spiro atoms. The predicted molar refractivity (Wildman–Crippen MR) is 92.6 cm³/mol. The van der Waals surface area contributed by atoms with Gasteiger partial charge in [-0.1, -0.05) is 30.9 Å². The van der Waals surface area contributed by atoms with Gasteiger partial charge in [0.2, 0.25) is 11.8 Å². The number of hydrogen-bond donors (Lipinski definition) is 2. The molecule has 0 radical (unpaired) electrons. The van der Waals surface area contributed by atoms with Crippen molar-refractivity contribution in [1.29, 1.82) is 0 Å². The largest absolute Gasteiger partial charge is 0.352 e. The molecular weight excluding hydrogens is 314 g/mol. The predicted octanol–water partition coefficient (Wildman–Crippen LogP) is 2.66. The molecule has 0 saturated heterocycles. The van der Waals surface area contributed by atoms with Gasteiger partial charge in [-0.2, -0.15) is 0 Å². The number of benzene rings is 1. The molecule has 1 aliphatic rings. The maximum absolute atomic E-state index is 12.0. The first kappa shape index (κ1) is 17.8. The quantitative estimate of drug-likeness (QED) is 0.839. The fraction of sp³-hybridized carbons (Fsp3) is 0.529. The van der Waals surface area contributed by atoms with Crippen molar-refractivity contribution < 1.29 is 9.59 Å². The molecule has 6 heteroatoms. The van der Waals surface area contributed by atoms with Crippen LogP contribution in [0.5, 0.6) is 0 Å². The molecule has 2 amide bonds. The van der Waals surface area contributed by atoms with Gasteiger partial charge in [-0.3, -0.25) is 14.5 Å². The van der Waals surface area contributed by atoms with Gasteiger partial charge in [0.1, 0.15) is 0 Å². The highest BCUT2D eigenvalue weighted by molar-refractivity contribution is 6.30. The summed E-state index contributed by atoms with van der Waals surface area (Å²) in [6.07, 6.45) is 5.75. The van der Waals surface area contributed by atoms with Gasteiger partial charge in [0.05, 0.1) is 13.1 Å². The fourth-order valence-corrected chi connectivity index (χ4v) is 2.93. The van der Waals surface area contributed by atoms with E-state index in [2.05, 4.69) is 10.6 Å². The molecule has 0 unspecified atom stereocenters. The smallest absolute Gasteiger partial charge is 0.238 e. The Labute approximate surface area is 142 Å². The maximum Gasteiger partial charge on any atom is 0.238 e. The second-order valence-electron chi connectivity index (χ2n) is 6.13. The molecule has 1 aliphatic carbocycles. The van der Waals surface area contributed by atoms with Gasteiger partial charge in [-0.15, -0.1) is 0 Å². The standard InChI is InChI=1S/C17H24ClN3O2/c1-21(11-16(22)19-14-5-3-2-4-6-14)12-17(23)20-15-9-7-13(18)8-10-15/h7-10,14H,2-6,11-12H2,1H3,(H,19,22)(H,20,23). The van der Waals surface area contributed by atoms with E-state index in [9.17, 15) is 9.59 Å². The summed E-state index contributed by atoms with van der Waals surface area (Å²) in [6, 6.07) is 7.23. The minimum Gasteiger partial charge on any atom is -0.352 e. The third-order valence-electron chi connectivity index (χ3n) is 3.93. The maximum atomic E-state index is 12.0. The molecule has 1 aromatic rings. The zero-order valence-corrected chi connectivity index (χ0v) is 14.2. The minimum absolute atomic E-state index is 0.0151. The lowest BCUT2D eigenvalue weighted by molar-refractivity contribution is -0.123. The van der Waals surface area contributed by atoms with Crippen molar-refractivity contribution >= 4 is 29.1 Å². The number of amides is 2. The number of nitrogens with one attached hydrogen (secondary N) is 2. The molecule has 23 heavy (non-hydrogen) atoms. The van der Waals surface area contributed by atoms with Crippen molar-refractivity contribution in [1.82, 2.24) is 10.2 Å². The van der Waals surface area contributed by atoms with Crippen molar-refractivity contribution in [2.24, 2.45) is 0 Å². The topological polar surface area (TPSA) is 61.4 Å². The van der Waals surface area contributed by atoms with E-state index < -0.39 is 0 Å². The van der Waals surface area contributed by atoms with Gasteiger partial charge in [0.15, 0.2) is 0 Å². The third-order valence-corrected chi connectivity index (χ3v) is 4.18. The number of hydrogen-bond acceptors (Lipinski definition) is 3. The van der Waals surface area contributed by atoms with Crippen LogP contribution >= 0.6 is 11.6 Å². The van der Waals surface area contributed by atoms with Crippen LogP contribution in [0.15, 0.2) is 24.3 Å². The average Bonchev–Trinajstić information content (AvgIpc) is 2.50. The highest BCUT2D eigenvalue weighted by Crippen LogP contribution is 2.17. The van der Waals surface area contributed by atoms with Crippen LogP contribution < -0.4 is 10.6 Å². The van der Waals surface area contributed by atoms with Gasteiger partial charge >= 0.3 is 0 Å². The van der Waals surface area contributed by atoms with Gasteiger partial charge in [-0.25, -0.2) is 0 Å². The van der Waals surface area contributed by atoms with Crippen LogP contribution in [-0.4, -0.2) is 42.9 Å². The highest BCUT2D eigenvalue weighted by atomic mass is 35.5. The van der Waals surface area contributed by atoms with Crippen molar-refractivity contribution in [2.75, 3.05) is 25.5 Å². The van der Waals surface area contributed by atoms with Gasteiger partial charge in [0, 0.05) is 16.8 Å². The van der Waals surface area contributed by atoms with Crippen LogP contribution in [0.25, 0.3) is 0 Å². The third kappa shape index (κ3) is 6.59. The molecule has 126 valence electrons. The summed E-state index contributed by atoms with van der Waals surface area (Å²) in [5, 5.41) is 6.46. The highest BCUT2D eigenvalue weighted by Gasteiger charge is 2.17. The summed E-state index contributed by atoms with van der Waals surface area (Å²) >= 11 is 5.80. The lowest BCUT2D eigenvalue weighted by Gasteiger charge is -2.24. The van der Waals surface area contributed by atoms with Crippen LogP contribution in [0.2, 0.25) is 5.02 Å². The molecule has 2 N–H and O–H groups in total. The number of rotatable bonds is 6. The molecule has 0 heterocycles. The van der Waals surface area contributed by atoms with Crippen LogP contribution in [0.1, 0.15) is 32.1 Å². The molecule has 5 nitrogen and oxygen atoms in total. The van der Waals surface area contributed by atoms with Crippen molar-refractivity contribution in [3.63, 3.8) is 0 Å². The van der Waals surface area contributed by atoms with E-state index in [0.717, 1.165) is 12.8 Å². The summed E-state index contributed by atoms with van der Waals surface area (Å²) in [4.78, 5) is 25.7. The molecular formula is C17H24ClN3O2. The second-order valence-corrected chi connectivity index (χ2v) is 6.57. The molecule has 1 fully saturated rings. The first-order valence-electron chi connectivity index (χ1n) is 8.06. The van der Waals surface area contributed by atoms with Crippen molar-refractivity contribution in [3.05, 3.63) is 29.3 Å². The monoisotopic (exact) mass is 337 g/mol. The van der Waals surface area contributed by atoms with E-state index in [1.54, 1.807) is 36.2 Å². The van der Waals surface area contributed by atoms with E-state index in [1.165, 1.54) is 19.3 Å². The lowest BCUT2D eigenvalue weighted by Crippen LogP contribution is -2.43. The summed E-state index contributed by atoms with van der Waals surface area (Å²) in [5.41, 5.74) is 0.694. The number of nitrogens with zero attached hydrogens (tertiary/aromatic N) is 1. The fourth-order valence-electron chi connectivity index (χ4n) is 2.80. The number of halogens is 1. The molecule has 0 aliphatic heterocycles. The second kappa shape index (κ2) is 8.89. The zero-order valence-electron chi connectivity index (χ0n) is 13.5. The van der Waals surface area contributed by atoms with E-state index in [4.69, 9.17) is 11.6 Å². The summed E-state index contributed by atoms with van der Waals surface area (Å²) < 4.78 is 0. The van der Waals surface area contributed by atoms with E-state index in [1.807, 2.05) is 0 Å². The average molecular weight is 338 g/mol. The number of carbonyl (C=O) groups is 2. The van der Waals surface area contributed by atoms with Crippen LogP contribution in [0.3, 0.4) is 0 Å². The number of carbonyl (C=O) groups excluding carboxylic acids is 2. The minimum atomic E-state index is -0.153. The molecule has 1 aromatic carbocycles. The molecule has 2 rings (SSSR count). The molecule has 0 atom stereocenters. The van der Waals surface area contributed by atoms with Crippen LogP contribution in [-0.2, 0) is 9.59 Å². The Morgan fingerprint density at radius 2 is 1.70 bits per heavy atom. The van der Waals surface area contributed by atoms with Gasteiger partial charge < -0.3 is 10.6 Å². The Morgan fingerprint density at radius 3 is 2.35 bits per heavy atom.